The molecule has 0 radical (unpaired) electrons. The molecule has 0 saturated carbocycles. The lowest BCUT2D eigenvalue weighted by Crippen LogP contribution is -2.35. The van der Waals surface area contributed by atoms with Crippen LogP contribution in [0.2, 0.25) is 10.0 Å². The van der Waals surface area contributed by atoms with Crippen LogP contribution in [0.25, 0.3) is 5.69 Å². The SMILES string of the molecule is Cc1cc(Oc2ccn(-c3ccc(Cl)c(Cl)c3)n2)ccc1/N=C/N1CCOCC1. The fourth-order valence-electron chi connectivity index (χ4n) is 2.93. The molecule has 150 valence electrons. The molecule has 3 aromatic rings. The largest absolute Gasteiger partial charge is 0.438 e. The van der Waals surface area contributed by atoms with E-state index >= 15 is 0 Å². The molecule has 0 spiro atoms. The van der Waals surface area contributed by atoms with Crippen molar-refractivity contribution in [3.63, 3.8) is 0 Å². The van der Waals surface area contributed by atoms with Gasteiger partial charge in [-0.1, -0.05) is 23.2 Å². The number of halogens is 2. The number of hydrogen-bond donors (Lipinski definition) is 0. The highest BCUT2D eigenvalue weighted by atomic mass is 35.5. The molecule has 0 amide bonds. The van der Waals surface area contributed by atoms with Gasteiger partial charge in [0.2, 0.25) is 5.88 Å². The van der Waals surface area contributed by atoms with Crippen molar-refractivity contribution in [1.29, 1.82) is 0 Å². The minimum atomic E-state index is 0.478. The molecule has 0 atom stereocenters. The Labute approximate surface area is 179 Å². The number of aromatic nitrogens is 2. The van der Waals surface area contributed by atoms with Crippen LogP contribution >= 0.6 is 23.2 Å². The van der Waals surface area contributed by atoms with E-state index in [9.17, 15) is 0 Å². The molecule has 8 heteroatoms. The van der Waals surface area contributed by atoms with Crippen LogP contribution in [0.4, 0.5) is 5.69 Å². The maximum absolute atomic E-state index is 6.08. The lowest BCUT2D eigenvalue weighted by molar-refractivity contribution is 0.0701. The summed E-state index contributed by atoms with van der Waals surface area (Å²) in [5.74, 6) is 1.19. The van der Waals surface area contributed by atoms with Gasteiger partial charge in [0.25, 0.3) is 0 Å². The average molecular weight is 431 g/mol. The molecule has 1 aliphatic heterocycles. The van der Waals surface area contributed by atoms with Crippen molar-refractivity contribution in [3.05, 3.63) is 64.3 Å². The molecule has 4 rings (SSSR count). The van der Waals surface area contributed by atoms with Crippen molar-refractivity contribution in [1.82, 2.24) is 14.7 Å². The van der Waals surface area contributed by atoms with E-state index in [1.54, 1.807) is 22.9 Å². The minimum Gasteiger partial charge on any atom is -0.438 e. The zero-order chi connectivity index (χ0) is 20.2. The van der Waals surface area contributed by atoms with E-state index in [0.29, 0.717) is 21.7 Å². The Balaban J connectivity index is 1.44. The van der Waals surface area contributed by atoms with E-state index in [1.165, 1.54) is 0 Å². The van der Waals surface area contributed by atoms with Crippen molar-refractivity contribution >= 4 is 35.2 Å². The van der Waals surface area contributed by atoms with Crippen LogP contribution in [0.3, 0.4) is 0 Å². The van der Waals surface area contributed by atoms with Crippen LogP contribution in [0.5, 0.6) is 11.6 Å². The third-order valence-corrected chi connectivity index (χ3v) is 5.27. The van der Waals surface area contributed by atoms with E-state index in [1.807, 2.05) is 43.7 Å². The molecule has 2 aromatic carbocycles. The molecular weight excluding hydrogens is 411 g/mol. The Morgan fingerprint density at radius 3 is 2.66 bits per heavy atom. The van der Waals surface area contributed by atoms with Crippen molar-refractivity contribution in [2.24, 2.45) is 4.99 Å². The Morgan fingerprint density at radius 2 is 1.90 bits per heavy atom. The maximum Gasteiger partial charge on any atom is 0.238 e. The van der Waals surface area contributed by atoms with Gasteiger partial charge in [-0.05, 0) is 48.9 Å². The monoisotopic (exact) mass is 430 g/mol. The first-order valence-corrected chi connectivity index (χ1v) is 10.00. The molecular formula is C21H20Cl2N4O2. The summed E-state index contributed by atoms with van der Waals surface area (Å²) in [5, 5.41) is 5.42. The smallest absolute Gasteiger partial charge is 0.238 e. The third-order valence-electron chi connectivity index (χ3n) is 4.53. The fraction of sp³-hybridized carbons (Fsp3) is 0.238. The zero-order valence-electron chi connectivity index (χ0n) is 15.9. The van der Waals surface area contributed by atoms with Gasteiger partial charge in [-0.3, -0.25) is 0 Å². The first kappa shape index (κ1) is 19.8. The van der Waals surface area contributed by atoms with Crippen LogP contribution in [-0.4, -0.2) is 47.3 Å². The van der Waals surface area contributed by atoms with Gasteiger partial charge in [-0.2, -0.15) is 0 Å². The van der Waals surface area contributed by atoms with E-state index in [2.05, 4.69) is 15.0 Å². The van der Waals surface area contributed by atoms with E-state index in [0.717, 1.165) is 43.2 Å². The highest BCUT2D eigenvalue weighted by molar-refractivity contribution is 6.42. The highest BCUT2D eigenvalue weighted by Crippen LogP contribution is 2.28. The maximum atomic E-state index is 6.08. The number of hydrogen-bond acceptors (Lipinski definition) is 4. The molecule has 1 saturated heterocycles. The molecule has 0 unspecified atom stereocenters. The third kappa shape index (κ3) is 4.90. The lowest BCUT2D eigenvalue weighted by Gasteiger charge is -2.24. The van der Waals surface area contributed by atoms with Crippen LogP contribution < -0.4 is 4.74 Å². The predicted molar refractivity (Wildman–Crippen MR) is 115 cm³/mol. The normalized spacial score (nSPS) is 14.5. The van der Waals surface area contributed by atoms with Crippen molar-refractivity contribution in [2.75, 3.05) is 26.3 Å². The summed E-state index contributed by atoms with van der Waals surface area (Å²) in [6.07, 6.45) is 3.69. The summed E-state index contributed by atoms with van der Waals surface area (Å²) in [5.41, 5.74) is 2.74. The Hall–Kier alpha value is -2.54. The summed E-state index contributed by atoms with van der Waals surface area (Å²) >= 11 is 12.1. The van der Waals surface area contributed by atoms with Gasteiger partial charge in [0, 0.05) is 25.4 Å². The number of rotatable bonds is 5. The lowest BCUT2D eigenvalue weighted by atomic mass is 10.2. The number of benzene rings is 2. The first-order chi connectivity index (χ1) is 14.1. The van der Waals surface area contributed by atoms with Gasteiger partial charge in [-0.25, -0.2) is 9.67 Å². The van der Waals surface area contributed by atoms with Crippen molar-refractivity contribution in [2.45, 2.75) is 6.92 Å². The Morgan fingerprint density at radius 1 is 1.07 bits per heavy atom. The molecule has 0 bridgehead atoms. The van der Waals surface area contributed by atoms with E-state index < -0.39 is 0 Å². The van der Waals surface area contributed by atoms with E-state index in [4.69, 9.17) is 32.7 Å². The van der Waals surface area contributed by atoms with Gasteiger partial charge in [-0.15, -0.1) is 5.10 Å². The fourth-order valence-corrected chi connectivity index (χ4v) is 3.22. The van der Waals surface area contributed by atoms with Crippen molar-refractivity contribution < 1.29 is 9.47 Å². The van der Waals surface area contributed by atoms with Gasteiger partial charge in [0.1, 0.15) is 5.75 Å². The summed E-state index contributed by atoms with van der Waals surface area (Å²) in [6, 6.07) is 12.9. The van der Waals surface area contributed by atoms with E-state index in [-0.39, 0.29) is 0 Å². The molecule has 1 aromatic heterocycles. The number of ether oxygens (including phenoxy) is 2. The number of nitrogens with zero attached hydrogens (tertiary/aromatic N) is 4. The van der Waals surface area contributed by atoms with Gasteiger partial charge in [0.15, 0.2) is 0 Å². The van der Waals surface area contributed by atoms with Gasteiger partial charge in [0.05, 0.1) is 41.0 Å². The number of aryl methyl sites for hydroxylation is 1. The van der Waals surface area contributed by atoms with Crippen LogP contribution in [0.15, 0.2) is 53.7 Å². The molecule has 6 nitrogen and oxygen atoms in total. The highest BCUT2D eigenvalue weighted by Gasteiger charge is 2.08. The average Bonchev–Trinajstić information content (AvgIpc) is 3.19. The predicted octanol–water partition coefficient (Wildman–Crippen LogP) is 5.27. The number of aliphatic imine (C=N–C) groups is 1. The van der Waals surface area contributed by atoms with Crippen LogP contribution in [0.1, 0.15) is 5.56 Å². The molecule has 29 heavy (non-hydrogen) atoms. The summed E-state index contributed by atoms with van der Waals surface area (Å²) < 4.78 is 12.9. The quantitative estimate of drug-likeness (QED) is 0.408. The second-order valence-corrected chi connectivity index (χ2v) is 7.45. The second kappa shape index (κ2) is 8.86. The molecule has 2 heterocycles. The molecule has 0 N–H and O–H groups in total. The second-order valence-electron chi connectivity index (χ2n) is 6.64. The van der Waals surface area contributed by atoms with Gasteiger partial charge < -0.3 is 14.4 Å². The van der Waals surface area contributed by atoms with Crippen LogP contribution in [-0.2, 0) is 4.74 Å². The van der Waals surface area contributed by atoms with Crippen LogP contribution in [0, 0.1) is 6.92 Å². The topological polar surface area (TPSA) is 51.9 Å². The van der Waals surface area contributed by atoms with Gasteiger partial charge >= 0.3 is 0 Å². The minimum absolute atomic E-state index is 0.478. The summed E-state index contributed by atoms with van der Waals surface area (Å²) in [7, 11) is 0. The number of morpholine rings is 1. The summed E-state index contributed by atoms with van der Waals surface area (Å²) in [4.78, 5) is 6.74. The Kier molecular flexibility index (Phi) is 6.04. The zero-order valence-corrected chi connectivity index (χ0v) is 17.4. The standard InChI is InChI=1S/C21H20Cl2N4O2/c1-15-12-17(3-5-20(15)24-14-26-8-10-28-11-9-26)29-21-6-7-27(25-21)16-2-4-18(22)19(23)13-16/h2-7,12-14H,8-11H2,1H3/b24-14+. The Bertz CT molecular complexity index is 1030. The molecule has 1 fully saturated rings. The first-order valence-electron chi connectivity index (χ1n) is 9.24. The van der Waals surface area contributed by atoms with Crippen molar-refractivity contribution in [3.8, 4) is 17.3 Å². The summed E-state index contributed by atoms with van der Waals surface area (Å²) in [6.45, 7) is 5.23. The molecule has 0 aliphatic carbocycles. The molecule has 1 aliphatic rings.